The highest BCUT2D eigenvalue weighted by atomic mass is 79.9. The fourth-order valence-corrected chi connectivity index (χ4v) is 1.33. The first-order valence-corrected chi connectivity index (χ1v) is 3.93. The van der Waals surface area contributed by atoms with Crippen molar-refractivity contribution in [3.63, 3.8) is 0 Å². The summed E-state index contributed by atoms with van der Waals surface area (Å²) in [5, 5.41) is 6.74. The van der Waals surface area contributed by atoms with Crippen LogP contribution in [0.25, 0.3) is 0 Å². The second-order valence-electron chi connectivity index (χ2n) is 2.27. The molecular formula is C6H10BrN3. The Kier molecular flexibility index (Phi) is 2.45. The van der Waals surface area contributed by atoms with Crippen molar-refractivity contribution in [3.8, 4) is 0 Å². The van der Waals surface area contributed by atoms with Crippen LogP contribution in [0.15, 0.2) is 10.7 Å². The number of hydrogen-bond donors (Lipinski definition) is 2. The Bertz CT molecular complexity index is 209. The van der Waals surface area contributed by atoms with E-state index in [-0.39, 0.29) is 0 Å². The largest absolute Gasteiger partial charge is 0.330 e. The average molecular weight is 204 g/mol. The highest BCUT2D eigenvalue weighted by Crippen LogP contribution is 2.20. The van der Waals surface area contributed by atoms with Crippen LogP contribution in [0.4, 0.5) is 0 Å². The van der Waals surface area contributed by atoms with Gasteiger partial charge in [-0.3, -0.25) is 5.10 Å². The quantitative estimate of drug-likeness (QED) is 0.761. The maximum absolute atomic E-state index is 5.46. The molecule has 0 fully saturated rings. The first-order chi connectivity index (χ1) is 4.75. The van der Waals surface area contributed by atoms with Crippen LogP contribution in [0.1, 0.15) is 18.5 Å². The molecule has 10 heavy (non-hydrogen) atoms. The molecule has 0 bridgehead atoms. The van der Waals surface area contributed by atoms with E-state index in [0.717, 1.165) is 10.2 Å². The predicted octanol–water partition coefficient (Wildman–Crippen LogP) is 1.23. The Balaban J connectivity index is 2.82. The highest BCUT2D eigenvalue weighted by molar-refractivity contribution is 9.10. The van der Waals surface area contributed by atoms with E-state index in [0.29, 0.717) is 12.5 Å². The summed E-state index contributed by atoms with van der Waals surface area (Å²) >= 11 is 3.36. The molecule has 0 aliphatic carbocycles. The van der Waals surface area contributed by atoms with Gasteiger partial charge in [-0.2, -0.15) is 5.10 Å². The maximum Gasteiger partial charge on any atom is 0.0632 e. The van der Waals surface area contributed by atoms with Crippen LogP contribution in [0.3, 0.4) is 0 Å². The monoisotopic (exact) mass is 203 g/mol. The van der Waals surface area contributed by atoms with E-state index in [1.807, 2.05) is 0 Å². The molecule has 0 spiro atoms. The minimum atomic E-state index is 0.344. The minimum absolute atomic E-state index is 0.344. The fraction of sp³-hybridized carbons (Fsp3) is 0.500. The summed E-state index contributed by atoms with van der Waals surface area (Å²) < 4.78 is 1.01. The number of halogens is 1. The normalized spacial score (nSPS) is 13.5. The molecule has 0 aliphatic heterocycles. The highest BCUT2D eigenvalue weighted by Gasteiger charge is 2.08. The summed E-state index contributed by atoms with van der Waals surface area (Å²) in [6.45, 7) is 2.69. The van der Waals surface area contributed by atoms with Crippen LogP contribution in [0.5, 0.6) is 0 Å². The number of aromatic nitrogens is 2. The van der Waals surface area contributed by atoms with Crippen molar-refractivity contribution in [1.82, 2.24) is 10.2 Å². The maximum atomic E-state index is 5.46. The topological polar surface area (TPSA) is 54.7 Å². The third kappa shape index (κ3) is 1.38. The van der Waals surface area contributed by atoms with Crippen molar-refractivity contribution in [2.75, 3.05) is 6.54 Å². The van der Waals surface area contributed by atoms with Gasteiger partial charge >= 0.3 is 0 Å². The summed E-state index contributed by atoms with van der Waals surface area (Å²) in [4.78, 5) is 0. The molecule has 3 nitrogen and oxygen atoms in total. The number of nitrogens with one attached hydrogen (secondary N) is 1. The molecule has 0 saturated carbocycles. The summed E-state index contributed by atoms with van der Waals surface area (Å²) in [5.74, 6) is 0.344. The van der Waals surface area contributed by atoms with Gasteiger partial charge in [0.1, 0.15) is 0 Å². The third-order valence-corrected chi connectivity index (χ3v) is 2.10. The van der Waals surface area contributed by atoms with E-state index in [1.165, 1.54) is 0 Å². The first kappa shape index (κ1) is 7.75. The van der Waals surface area contributed by atoms with Crippen molar-refractivity contribution in [2.24, 2.45) is 5.73 Å². The number of nitrogens with two attached hydrogens (primary N) is 1. The molecule has 1 atom stereocenters. The molecule has 1 rings (SSSR count). The van der Waals surface area contributed by atoms with Gasteiger partial charge in [-0.25, -0.2) is 0 Å². The fourth-order valence-electron chi connectivity index (χ4n) is 0.745. The molecule has 1 heterocycles. The molecule has 0 saturated heterocycles. The first-order valence-electron chi connectivity index (χ1n) is 3.14. The summed E-state index contributed by atoms with van der Waals surface area (Å²) in [7, 11) is 0. The van der Waals surface area contributed by atoms with E-state index in [9.17, 15) is 0 Å². The molecular weight excluding hydrogens is 194 g/mol. The Morgan fingerprint density at radius 3 is 3.00 bits per heavy atom. The molecule has 3 N–H and O–H groups in total. The number of rotatable bonds is 2. The summed E-state index contributed by atoms with van der Waals surface area (Å²) in [5.41, 5.74) is 6.54. The van der Waals surface area contributed by atoms with Gasteiger partial charge in [0, 0.05) is 12.5 Å². The molecule has 0 aliphatic rings. The molecule has 1 aromatic rings. The van der Waals surface area contributed by atoms with Crippen LogP contribution in [0.2, 0.25) is 0 Å². The van der Waals surface area contributed by atoms with Gasteiger partial charge in [0.05, 0.1) is 16.4 Å². The number of nitrogens with zero attached hydrogens (tertiary/aromatic N) is 1. The Hall–Kier alpha value is -0.350. The van der Waals surface area contributed by atoms with E-state index in [4.69, 9.17) is 5.73 Å². The van der Waals surface area contributed by atoms with Gasteiger partial charge in [-0.1, -0.05) is 6.92 Å². The van der Waals surface area contributed by atoms with Crippen LogP contribution >= 0.6 is 15.9 Å². The van der Waals surface area contributed by atoms with Gasteiger partial charge in [0.2, 0.25) is 0 Å². The van der Waals surface area contributed by atoms with Crippen molar-refractivity contribution in [2.45, 2.75) is 12.8 Å². The van der Waals surface area contributed by atoms with Crippen LogP contribution < -0.4 is 5.73 Å². The van der Waals surface area contributed by atoms with Crippen molar-refractivity contribution in [1.29, 1.82) is 0 Å². The summed E-state index contributed by atoms with van der Waals surface area (Å²) in [6, 6.07) is 0. The molecule has 0 aromatic carbocycles. The second kappa shape index (κ2) is 3.16. The predicted molar refractivity (Wildman–Crippen MR) is 43.8 cm³/mol. The Morgan fingerprint density at radius 1 is 1.90 bits per heavy atom. The average Bonchev–Trinajstić information content (AvgIpc) is 2.34. The smallest absolute Gasteiger partial charge is 0.0632 e. The second-order valence-corrected chi connectivity index (χ2v) is 3.12. The summed E-state index contributed by atoms with van der Waals surface area (Å²) in [6.07, 6.45) is 1.74. The Morgan fingerprint density at radius 2 is 2.60 bits per heavy atom. The van der Waals surface area contributed by atoms with E-state index >= 15 is 0 Å². The standard InChI is InChI=1S/C6H10BrN3/c1-4(2-8)6-5(7)3-9-10-6/h3-4H,2,8H2,1H3,(H,9,10). The van der Waals surface area contributed by atoms with E-state index in [2.05, 4.69) is 33.1 Å². The molecule has 1 unspecified atom stereocenters. The SMILES string of the molecule is CC(CN)c1[nH]ncc1Br. The molecule has 56 valence electrons. The molecule has 4 heteroatoms. The van der Waals surface area contributed by atoms with Gasteiger partial charge in [0.15, 0.2) is 0 Å². The molecule has 0 radical (unpaired) electrons. The lowest BCUT2D eigenvalue weighted by Gasteiger charge is -2.04. The van der Waals surface area contributed by atoms with Crippen molar-refractivity contribution < 1.29 is 0 Å². The van der Waals surface area contributed by atoms with Crippen molar-refractivity contribution >= 4 is 15.9 Å². The van der Waals surface area contributed by atoms with E-state index in [1.54, 1.807) is 6.20 Å². The van der Waals surface area contributed by atoms with Crippen LogP contribution in [-0.4, -0.2) is 16.7 Å². The third-order valence-electron chi connectivity index (χ3n) is 1.47. The van der Waals surface area contributed by atoms with Gasteiger partial charge in [-0.15, -0.1) is 0 Å². The van der Waals surface area contributed by atoms with Gasteiger partial charge < -0.3 is 5.73 Å². The zero-order valence-electron chi connectivity index (χ0n) is 5.76. The number of hydrogen-bond acceptors (Lipinski definition) is 2. The molecule has 0 amide bonds. The lowest BCUT2D eigenvalue weighted by Crippen LogP contribution is -2.09. The number of aromatic amines is 1. The Labute approximate surface area is 68.1 Å². The lowest BCUT2D eigenvalue weighted by molar-refractivity contribution is 0.736. The van der Waals surface area contributed by atoms with Gasteiger partial charge in [0.25, 0.3) is 0 Å². The zero-order valence-corrected chi connectivity index (χ0v) is 7.35. The zero-order chi connectivity index (χ0) is 7.56. The van der Waals surface area contributed by atoms with Crippen LogP contribution in [0, 0.1) is 0 Å². The number of H-pyrrole nitrogens is 1. The molecule has 1 aromatic heterocycles. The lowest BCUT2D eigenvalue weighted by atomic mass is 10.1. The minimum Gasteiger partial charge on any atom is -0.330 e. The van der Waals surface area contributed by atoms with Gasteiger partial charge in [-0.05, 0) is 15.9 Å². The van der Waals surface area contributed by atoms with E-state index < -0.39 is 0 Å². The van der Waals surface area contributed by atoms with Crippen LogP contribution in [-0.2, 0) is 0 Å². The van der Waals surface area contributed by atoms with Crippen molar-refractivity contribution in [3.05, 3.63) is 16.4 Å².